The van der Waals surface area contributed by atoms with E-state index in [1.165, 1.54) is 6.33 Å². The van der Waals surface area contributed by atoms with Gasteiger partial charge in [0.25, 0.3) is 0 Å². The molecule has 0 saturated carbocycles. The van der Waals surface area contributed by atoms with Crippen LogP contribution in [0, 0.1) is 6.92 Å². The molecular weight excluding hydrogens is 302 g/mol. The number of hydrogen-bond acceptors (Lipinski definition) is 5. The number of phenolic OH excluding ortho intramolecular Hbond substituents is 1. The maximum Gasteiger partial charge on any atom is 0.238 e. The first-order chi connectivity index (χ1) is 11.7. The van der Waals surface area contributed by atoms with E-state index >= 15 is 0 Å². The van der Waals surface area contributed by atoms with Gasteiger partial charge >= 0.3 is 0 Å². The monoisotopic (exact) mass is 317 g/mol. The van der Waals surface area contributed by atoms with Crippen LogP contribution in [0.25, 0.3) is 17.0 Å². The van der Waals surface area contributed by atoms with E-state index in [2.05, 4.69) is 26.3 Å². The van der Waals surface area contributed by atoms with Gasteiger partial charge in [-0.25, -0.2) is 15.0 Å². The lowest BCUT2D eigenvalue weighted by molar-refractivity contribution is 0.475. The van der Waals surface area contributed by atoms with Crippen LogP contribution in [-0.2, 0) is 0 Å². The van der Waals surface area contributed by atoms with E-state index < -0.39 is 0 Å². The Bertz CT molecular complexity index is 1010. The van der Waals surface area contributed by atoms with Crippen molar-refractivity contribution < 1.29 is 5.11 Å². The van der Waals surface area contributed by atoms with Gasteiger partial charge in [-0.1, -0.05) is 12.1 Å². The lowest BCUT2D eigenvalue weighted by Gasteiger charge is -2.09. The van der Waals surface area contributed by atoms with Crippen molar-refractivity contribution in [1.82, 2.24) is 19.4 Å². The molecule has 6 nitrogen and oxygen atoms in total. The molecule has 0 radical (unpaired) electrons. The van der Waals surface area contributed by atoms with Crippen molar-refractivity contribution in [3.8, 4) is 17.0 Å². The van der Waals surface area contributed by atoms with Crippen molar-refractivity contribution in [2.45, 2.75) is 6.92 Å². The van der Waals surface area contributed by atoms with Crippen molar-refractivity contribution >= 4 is 17.3 Å². The molecular formula is C18H15N5O. The van der Waals surface area contributed by atoms with E-state index in [4.69, 9.17) is 0 Å². The zero-order chi connectivity index (χ0) is 16.5. The molecule has 2 aromatic heterocycles. The molecule has 0 fully saturated rings. The van der Waals surface area contributed by atoms with E-state index in [0.717, 1.165) is 28.3 Å². The van der Waals surface area contributed by atoms with Crippen LogP contribution >= 0.6 is 0 Å². The van der Waals surface area contributed by atoms with Crippen LogP contribution in [0.1, 0.15) is 5.56 Å². The second-order valence-electron chi connectivity index (χ2n) is 5.53. The summed E-state index contributed by atoms with van der Waals surface area (Å²) >= 11 is 0. The van der Waals surface area contributed by atoms with Crippen LogP contribution in [0.15, 0.2) is 61.2 Å². The van der Waals surface area contributed by atoms with E-state index in [9.17, 15) is 5.11 Å². The molecule has 0 aliphatic rings. The molecule has 0 unspecified atom stereocenters. The van der Waals surface area contributed by atoms with Crippen LogP contribution in [0.3, 0.4) is 0 Å². The number of fused-ring (bicyclic) bond motifs is 1. The summed E-state index contributed by atoms with van der Waals surface area (Å²) in [6.07, 6.45) is 3.15. The zero-order valence-electron chi connectivity index (χ0n) is 13.0. The predicted molar refractivity (Wildman–Crippen MR) is 92.3 cm³/mol. The molecule has 0 saturated heterocycles. The molecule has 0 aliphatic carbocycles. The minimum Gasteiger partial charge on any atom is -0.508 e. The largest absolute Gasteiger partial charge is 0.508 e. The molecule has 4 rings (SSSR count). The molecule has 24 heavy (non-hydrogen) atoms. The lowest BCUT2D eigenvalue weighted by atomic mass is 10.1. The molecule has 0 amide bonds. The number of benzene rings is 2. The van der Waals surface area contributed by atoms with Crippen LogP contribution in [0.4, 0.5) is 11.5 Å². The van der Waals surface area contributed by atoms with Crippen molar-refractivity contribution in [1.29, 1.82) is 0 Å². The van der Waals surface area contributed by atoms with Crippen LogP contribution in [-0.4, -0.2) is 24.5 Å². The summed E-state index contributed by atoms with van der Waals surface area (Å²) < 4.78 is 1.81. The quantitative estimate of drug-likeness (QED) is 0.604. The van der Waals surface area contributed by atoms with Gasteiger partial charge in [0.2, 0.25) is 5.78 Å². The SMILES string of the molecule is Cc1cccc(Nc2c(-c3ccc(O)cc3)nc3ncncn23)c1. The molecule has 0 spiro atoms. The van der Waals surface area contributed by atoms with Gasteiger partial charge in [-0.3, -0.25) is 4.40 Å². The summed E-state index contributed by atoms with van der Waals surface area (Å²) in [5, 5.41) is 12.9. The number of hydrogen-bond donors (Lipinski definition) is 2. The van der Waals surface area contributed by atoms with Crippen molar-refractivity contribution in [2.75, 3.05) is 5.32 Å². The number of imidazole rings is 1. The van der Waals surface area contributed by atoms with E-state index in [0.29, 0.717) is 5.78 Å². The predicted octanol–water partition coefficient (Wildman–Crippen LogP) is 3.55. The summed E-state index contributed by atoms with van der Waals surface area (Å²) in [7, 11) is 0. The Morgan fingerprint density at radius 2 is 1.92 bits per heavy atom. The Morgan fingerprint density at radius 1 is 1.08 bits per heavy atom. The van der Waals surface area contributed by atoms with Gasteiger partial charge in [-0.05, 0) is 48.9 Å². The first-order valence-corrected chi connectivity index (χ1v) is 7.52. The normalized spacial score (nSPS) is 10.9. The summed E-state index contributed by atoms with van der Waals surface area (Å²) in [6.45, 7) is 2.05. The minimum absolute atomic E-state index is 0.218. The number of anilines is 2. The molecule has 118 valence electrons. The van der Waals surface area contributed by atoms with Gasteiger partial charge < -0.3 is 10.4 Å². The topological polar surface area (TPSA) is 75.3 Å². The molecule has 2 N–H and O–H groups in total. The van der Waals surface area contributed by atoms with Crippen LogP contribution in [0.2, 0.25) is 0 Å². The van der Waals surface area contributed by atoms with Crippen LogP contribution in [0.5, 0.6) is 5.75 Å². The van der Waals surface area contributed by atoms with Gasteiger partial charge in [0.05, 0.1) is 0 Å². The van der Waals surface area contributed by atoms with Crippen molar-refractivity contribution in [3.05, 3.63) is 66.7 Å². The van der Waals surface area contributed by atoms with Crippen molar-refractivity contribution in [2.24, 2.45) is 0 Å². The Kier molecular flexibility index (Phi) is 3.35. The molecule has 0 bridgehead atoms. The number of nitrogens with zero attached hydrogens (tertiary/aromatic N) is 4. The fourth-order valence-electron chi connectivity index (χ4n) is 2.60. The standard InChI is InChI=1S/C18H15N5O/c1-12-3-2-4-14(9-12)21-17-16(13-5-7-15(24)8-6-13)22-18-20-10-19-11-23(17)18/h2-11,21,24H,1H3. The number of aromatic nitrogens is 4. The Hall–Kier alpha value is -3.41. The van der Waals surface area contributed by atoms with Crippen molar-refractivity contribution in [3.63, 3.8) is 0 Å². The first-order valence-electron chi connectivity index (χ1n) is 7.52. The molecule has 0 atom stereocenters. The summed E-state index contributed by atoms with van der Waals surface area (Å²) in [6, 6.07) is 15.0. The van der Waals surface area contributed by atoms with E-state index in [-0.39, 0.29) is 5.75 Å². The maximum atomic E-state index is 9.51. The molecule has 4 aromatic rings. The molecule has 6 heteroatoms. The number of rotatable bonds is 3. The van der Waals surface area contributed by atoms with Gasteiger partial charge in [-0.15, -0.1) is 0 Å². The average Bonchev–Trinajstić information content (AvgIpc) is 2.94. The van der Waals surface area contributed by atoms with Gasteiger partial charge in [0.15, 0.2) is 0 Å². The Morgan fingerprint density at radius 3 is 2.71 bits per heavy atom. The first kappa shape index (κ1) is 14.2. The van der Waals surface area contributed by atoms with Gasteiger partial charge in [-0.2, -0.15) is 0 Å². The highest BCUT2D eigenvalue weighted by Crippen LogP contribution is 2.31. The highest BCUT2D eigenvalue weighted by molar-refractivity contribution is 5.79. The molecule has 2 heterocycles. The number of phenols is 1. The third-order valence-corrected chi connectivity index (χ3v) is 3.74. The highest BCUT2D eigenvalue weighted by atomic mass is 16.3. The fourth-order valence-corrected chi connectivity index (χ4v) is 2.60. The van der Waals surface area contributed by atoms with Crippen LogP contribution < -0.4 is 5.32 Å². The highest BCUT2D eigenvalue weighted by Gasteiger charge is 2.15. The Labute approximate surface area is 138 Å². The number of aromatic hydroxyl groups is 1. The zero-order valence-corrected chi connectivity index (χ0v) is 13.0. The van der Waals surface area contributed by atoms with E-state index in [1.807, 2.05) is 41.7 Å². The molecule has 2 aromatic carbocycles. The lowest BCUT2D eigenvalue weighted by Crippen LogP contribution is -1.98. The smallest absolute Gasteiger partial charge is 0.238 e. The second-order valence-corrected chi connectivity index (χ2v) is 5.53. The molecule has 0 aliphatic heterocycles. The van der Waals surface area contributed by atoms with E-state index in [1.54, 1.807) is 18.5 Å². The number of nitrogens with one attached hydrogen (secondary N) is 1. The summed E-state index contributed by atoms with van der Waals surface area (Å²) in [5.74, 6) is 1.56. The second kappa shape index (κ2) is 5.66. The summed E-state index contributed by atoms with van der Waals surface area (Å²) in [4.78, 5) is 12.9. The third-order valence-electron chi connectivity index (χ3n) is 3.74. The maximum absolute atomic E-state index is 9.51. The van der Waals surface area contributed by atoms with Gasteiger partial charge in [0.1, 0.15) is 29.9 Å². The fraction of sp³-hybridized carbons (Fsp3) is 0.0556. The van der Waals surface area contributed by atoms with Gasteiger partial charge in [0, 0.05) is 11.3 Å². The minimum atomic E-state index is 0.218. The number of aryl methyl sites for hydroxylation is 1. The Balaban J connectivity index is 1.88. The third kappa shape index (κ3) is 2.54. The average molecular weight is 317 g/mol. The summed E-state index contributed by atoms with van der Waals surface area (Å²) in [5.41, 5.74) is 3.75.